The van der Waals surface area contributed by atoms with E-state index < -0.39 is 0 Å². The van der Waals surface area contributed by atoms with Gasteiger partial charge in [0.2, 0.25) is 0 Å². The third kappa shape index (κ3) is 2.72. The van der Waals surface area contributed by atoms with E-state index in [2.05, 4.69) is 18.0 Å². The van der Waals surface area contributed by atoms with Crippen LogP contribution in [0.2, 0.25) is 0 Å². The summed E-state index contributed by atoms with van der Waals surface area (Å²) in [6, 6.07) is 12.1. The highest BCUT2D eigenvalue weighted by Gasteiger charge is 2.16. The molecule has 0 spiro atoms. The number of aromatic nitrogens is 2. The molecule has 0 fully saturated rings. The molecule has 0 bridgehead atoms. The maximum Gasteiger partial charge on any atom is 0.274 e. The summed E-state index contributed by atoms with van der Waals surface area (Å²) < 4.78 is 1.88. The molecule has 0 aliphatic heterocycles. The molecule has 0 saturated carbocycles. The summed E-state index contributed by atoms with van der Waals surface area (Å²) in [6.07, 6.45) is 3.71. The van der Waals surface area contributed by atoms with Crippen LogP contribution in [0, 0.1) is 13.8 Å². The molecule has 0 unspecified atom stereocenters. The van der Waals surface area contributed by atoms with Crippen molar-refractivity contribution in [2.45, 2.75) is 20.4 Å². The van der Waals surface area contributed by atoms with Gasteiger partial charge in [0.05, 0.1) is 0 Å². The van der Waals surface area contributed by atoms with E-state index in [1.165, 1.54) is 5.56 Å². The molecule has 4 heteroatoms. The number of aryl methyl sites for hydroxylation is 2. The molecule has 0 atom stereocenters. The van der Waals surface area contributed by atoms with Gasteiger partial charge >= 0.3 is 0 Å². The van der Waals surface area contributed by atoms with E-state index >= 15 is 0 Å². The van der Waals surface area contributed by atoms with Gasteiger partial charge in [0.15, 0.2) is 0 Å². The molecule has 0 radical (unpaired) electrons. The van der Waals surface area contributed by atoms with Crippen LogP contribution in [-0.4, -0.2) is 27.2 Å². The van der Waals surface area contributed by atoms with Gasteiger partial charge in [0, 0.05) is 26.0 Å². The molecule has 3 aromatic rings. The van der Waals surface area contributed by atoms with Crippen LogP contribution >= 0.6 is 0 Å². The highest BCUT2D eigenvalue weighted by atomic mass is 16.2. The summed E-state index contributed by atoms with van der Waals surface area (Å²) in [5.74, 6) is -0.0652. The molecule has 2 aromatic heterocycles. The van der Waals surface area contributed by atoms with Crippen LogP contribution in [-0.2, 0) is 6.54 Å². The average Bonchev–Trinajstić information content (AvgIpc) is 2.91. The van der Waals surface area contributed by atoms with Gasteiger partial charge in [0.1, 0.15) is 11.3 Å². The van der Waals surface area contributed by atoms with Gasteiger partial charge in [-0.3, -0.25) is 4.79 Å². The maximum absolute atomic E-state index is 12.6. The van der Waals surface area contributed by atoms with E-state index in [1.54, 1.807) is 11.1 Å². The molecule has 3 rings (SSSR count). The number of hydrogen-bond acceptors (Lipinski definition) is 2. The zero-order valence-electron chi connectivity index (χ0n) is 13.1. The molecular weight excluding hydrogens is 274 g/mol. The van der Waals surface area contributed by atoms with Gasteiger partial charge < -0.3 is 9.30 Å². The highest BCUT2D eigenvalue weighted by Crippen LogP contribution is 2.13. The van der Waals surface area contributed by atoms with Crippen molar-refractivity contribution in [3.63, 3.8) is 0 Å². The smallest absolute Gasteiger partial charge is 0.274 e. The largest absolute Gasteiger partial charge is 0.336 e. The number of amides is 1. The molecule has 1 amide bonds. The van der Waals surface area contributed by atoms with Crippen LogP contribution in [0.5, 0.6) is 0 Å². The van der Waals surface area contributed by atoms with Crippen LogP contribution in [0.4, 0.5) is 0 Å². The van der Waals surface area contributed by atoms with Gasteiger partial charge in [-0.15, -0.1) is 0 Å². The van der Waals surface area contributed by atoms with Crippen molar-refractivity contribution in [3.05, 3.63) is 71.2 Å². The van der Waals surface area contributed by atoms with Gasteiger partial charge in [-0.1, -0.05) is 24.3 Å². The molecule has 0 aliphatic carbocycles. The first-order valence-electron chi connectivity index (χ1n) is 7.30. The Balaban J connectivity index is 1.84. The van der Waals surface area contributed by atoms with E-state index in [0.29, 0.717) is 12.2 Å². The lowest BCUT2D eigenvalue weighted by Crippen LogP contribution is -2.26. The second-order valence-electron chi connectivity index (χ2n) is 5.68. The van der Waals surface area contributed by atoms with Crippen molar-refractivity contribution in [3.8, 4) is 0 Å². The number of carbonyl (C=O) groups excluding carboxylic acids is 1. The number of hydrogen-bond donors (Lipinski definition) is 0. The Morgan fingerprint density at radius 3 is 2.77 bits per heavy atom. The van der Waals surface area contributed by atoms with Crippen molar-refractivity contribution in [2.24, 2.45) is 0 Å². The average molecular weight is 293 g/mol. The number of nitrogens with zero attached hydrogens (tertiary/aromatic N) is 3. The summed E-state index contributed by atoms with van der Waals surface area (Å²) in [6.45, 7) is 4.65. The van der Waals surface area contributed by atoms with Crippen molar-refractivity contribution in [2.75, 3.05) is 7.05 Å². The zero-order valence-corrected chi connectivity index (χ0v) is 13.1. The number of fused-ring (bicyclic) bond motifs is 1. The minimum absolute atomic E-state index is 0.0652. The van der Waals surface area contributed by atoms with E-state index in [-0.39, 0.29) is 5.91 Å². The normalized spacial score (nSPS) is 10.9. The molecule has 0 saturated heterocycles. The fraction of sp³-hybridized carbons (Fsp3) is 0.222. The van der Waals surface area contributed by atoms with Crippen molar-refractivity contribution in [1.29, 1.82) is 0 Å². The Labute approximate surface area is 130 Å². The van der Waals surface area contributed by atoms with Gasteiger partial charge in [-0.05, 0) is 42.7 Å². The first kappa shape index (κ1) is 14.3. The first-order chi connectivity index (χ1) is 10.5. The Morgan fingerprint density at radius 2 is 2.00 bits per heavy atom. The lowest BCUT2D eigenvalue weighted by atomic mass is 10.1. The minimum Gasteiger partial charge on any atom is -0.336 e. The topological polar surface area (TPSA) is 37.6 Å². The van der Waals surface area contributed by atoms with E-state index in [9.17, 15) is 4.79 Å². The number of carbonyl (C=O) groups is 1. The Morgan fingerprint density at radius 1 is 1.23 bits per heavy atom. The van der Waals surface area contributed by atoms with Crippen molar-refractivity contribution in [1.82, 2.24) is 14.3 Å². The SMILES string of the molecule is Cc1ccn2cc(C(=O)N(C)Cc3ccccc3C)nc2c1. The van der Waals surface area contributed by atoms with Crippen molar-refractivity contribution < 1.29 is 4.79 Å². The van der Waals surface area contributed by atoms with Gasteiger partial charge in [-0.2, -0.15) is 0 Å². The second kappa shape index (κ2) is 5.64. The van der Waals surface area contributed by atoms with E-state index in [0.717, 1.165) is 16.8 Å². The summed E-state index contributed by atoms with van der Waals surface area (Å²) in [5, 5.41) is 0. The van der Waals surface area contributed by atoms with Crippen LogP contribution in [0.15, 0.2) is 48.8 Å². The number of imidazole rings is 1. The van der Waals surface area contributed by atoms with Gasteiger partial charge in [0.25, 0.3) is 5.91 Å². The third-order valence-corrected chi connectivity index (χ3v) is 3.85. The van der Waals surface area contributed by atoms with Crippen molar-refractivity contribution >= 4 is 11.6 Å². The number of benzene rings is 1. The molecule has 1 aromatic carbocycles. The molecular formula is C18H19N3O. The predicted molar refractivity (Wildman–Crippen MR) is 86.9 cm³/mol. The number of rotatable bonds is 3. The van der Waals surface area contributed by atoms with Gasteiger partial charge in [-0.25, -0.2) is 4.98 Å². The van der Waals surface area contributed by atoms with Crippen LogP contribution in [0.25, 0.3) is 5.65 Å². The fourth-order valence-corrected chi connectivity index (χ4v) is 2.50. The maximum atomic E-state index is 12.6. The van der Waals surface area contributed by atoms with Crippen LogP contribution in [0.1, 0.15) is 27.2 Å². The Hall–Kier alpha value is -2.62. The monoisotopic (exact) mass is 293 g/mol. The third-order valence-electron chi connectivity index (χ3n) is 3.85. The number of pyridine rings is 1. The first-order valence-corrected chi connectivity index (χ1v) is 7.30. The zero-order chi connectivity index (χ0) is 15.7. The molecule has 2 heterocycles. The Kier molecular flexibility index (Phi) is 3.67. The van der Waals surface area contributed by atoms with Crippen LogP contribution in [0.3, 0.4) is 0 Å². The highest BCUT2D eigenvalue weighted by molar-refractivity contribution is 5.92. The quantitative estimate of drug-likeness (QED) is 0.743. The predicted octanol–water partition coefficient (Wildman–Crippen LogP) is 3.22. The molecule has 0 aliphatic rings. The summed E-state index contributed by atoms with van der Waals surface area (Å²) in [5.41, 5.74) is 4.74. The minimum atomic E-state index is -0.0652. The van der Waals surface area contributed by atoms with E-state index in [1.807, 2.05) is 54.9 Å². The Bertz CT molecular complexity index is 835. The molecule has 0 N–H and O–H groups in total. The lowest BCUT2D eigenvalue weighted by Gasteiger charge is -2.17. The lowest BCUT2D eigenvalue weighted by molar-refractivity contribution is 0.0780. The molecule has 112 valence electrons. The summed E-state index contributed by atoms with van der Waals surface area (Å²) in [4.78, 5) is 18.7. The summed E-state index contributed by atoms with van der Waals surface area (Å²) in [7, 11) is 1.81. The second-order valence-corrected chi connectivity index (χ2v) is 5.68. The summed E-state index contributed by atoms with van der Waals surface area (Å²) >= 11 is 0. The van der Waals surface area contributed by atoms with E-state index in [4.69, 9.17) is 0 Å². The molecule has 22 heavy (non-hydrogen) atoms. The fourth-order valence-electron chi connectivity index (χ4n) is 2.50. The van der Waals surface area contributed by atoms with Crippen LogP contribution < -0.4 is 0 Å². The molecule has 4 nitrogen and oxygen atoms in total. The standard InChI is InChI=1S/C18H19N3O/c1-13-8-9-21-12-16(19-17(21)10-13)18(22)20(3)11-15-7-5-4-6-14(15)2/h4-10,12H,11H2,1-3H3.